The molecule has 0 atom stereocenters. The molecule has 1 aromatic carbocycles. The van der Waals surface area contributed by atoms with Crippen LogP contribution >= 0.6 is 11.3 Å². The number of hydrogen-bond donors (Lipinski definition) is 1. The summed E-state index contributed by atoms with van der Waals surface area (Å²) >= 11 is 1.43. The molecule has 1 heterocycles. The molecule has 0 saturated carbocycles. The van der Waals surface area contributed by atoms with Crippen molar-refractivity contribution in [3.8, 4) is 0 Å². The van der Waals surface area contributed by atoms with E-state index in [9.17, 15) is 23.3 Å². The molecule has 5 nitrogen and oxygen atoms in total. The van der Waals surface area contributed by atoms with Crippen LogP contribution in [0.2, 0.25) is 0 Å². The largest absolute Gasteiger partial charge is 0.416 e. The number of alkyl halides is 3. The molecule has 118 valence electrons. The molecule has 0 radical (unpaired) electrons. The van der Waals surface area contributed by atoms with Gasteiger partial charge in [0.2, 0.25) is 0 Å². The zero-order valence-electron chi connectivity index (χ0n) is 11.7. The van der Waals surface area contributed by atoms with Crippen molar-refractivity contribution in [2.45, 2.75) is 26.6 Å². The van der Waals surface area contributed by atoms with Gasteiger partial charge in [0, 0.05) is 10.9 Å². The maximum absolute atomic E-state index is 12.6. The van der Waals surface area contributed by atoms with Gasteiger partial charge < -0.3 is 5.32 Å². The lowest BCUT2D eigenvalue weighted by Crippen LogP contribution is -2.08. The van der Waals surface area contributed by atoms with Crippen LogP contribution in [0.3, 0.4) is 0 Å². The first kappa shape index (κ1) is 16.2. The normalized spacial score (nSPS) is 11.5. The van der Waals surface area contributed by atoms with E-state index < -0.39 is 22.4 Å². The van der Waals surface area contributed by atoms with E-state index in [0.29, 0.717) is 6.07 Å². The number of nitro benzene ring substituents is 1. The Morgan fingerprint density at radius 2 is 2.05 bits per heavy atom. The maximum atomic E-state index is 12.6. The Bertz CT molecular complexity index is 713. The van der Waals surface area contributed by atoms with Gasteiger partial charge in [0.15, 0.2) is 0 Å². The SMILES string of the molecule is Cc1nc(C)c(CNc2ccc(C(F)(F)F)cc2[N+](=O)[O-])s1. The van der Waals surface area contributed by atoms with Crippen molar-refractivity contribution in [3.63, 3.8) is 0 Å². The predicted octanol–water partition coefficient (Wildman–Crippen LogP) is 4.30. The molecule has 0 aliphatic rings. The van der Waals surface area contributed by atoms with Crippen LogP contribution in [-0.4, -0.2) is 9.91 Å². The fourth-order valence-electron chi connectivity index (χ4n) is 1.92. The molecule has 1 N–H and O–H groups in total. The fraction of sp³-hybridized carbons (Fsp3) is 0.308. The van der Waals surface area contributed by atoms with E-state index in [1.54, 1.807) is 0 Å². The van der Waals surface area contributed by atoms with E-state index in [-0.39, 0.29) is 12.2 Å². The monoisotopic (exact) mass is 331 g/mol. The Kier molecular flexibility index (Phi) is 4.36. The van der Waals surface area contributed by atoms with Gasteiger partial charge in [-0.25, -0.2) is 4.98 Å². The quantitative estimate of drug-likeness (QED) is 0.670. The standard InChI is InChI=1S/C13H12F3N3O2S/c1-7-12(22-8(2)18-7)6-17-10-4-3-9(13(14,15)16)5-11(10)19(20)21/h3-5,17H,6H2,1-2H3. The number of halogens is 3. The molecule has 2 aromatic rings. The van der Waals surface area contributed by atoms with Gasteiger partial charge in [0.05, 0.1) is 27.7 Å². The highest BCUT2D eigenvalue weighted by Crippen LogP contribution is 2.35. The van der Waals surface area contributed by atoms with Crippen molar-refractivity contribution in [2.24, 2.45) is 0 Å². The van der Waals surface area contributed by atoms with Gasteiger partial charge in [-0.1, -0.05) is 0 Å². The van der Waals surface area contributed by atoms with E-state index in [4.69, 9.17) is 0 Å². The molecule has 22 heavy (non-hydrogen) atoms. The van der Waals surface area contributed by atoms with Gasteiger partial charge in [-0.2, -0.15) is 13.2 Å². The van der Waals surface area contributed by atoms with Gasteiger partial charge in [-0.05, 0) is 26.0 Å². The number of nitrogens with zero attached hydrogens (tertiary/aromatic N) is 2. The Balaban J connectivity index is 2.27. The van der Waals surface area contributed by atoms with Crippen LogP contribution in [0.15, 0.2) is 18.2 Å². The van der Waals surface area contributed by atoms with Gasteiger partial charge >= 0.3 is 6.18 Å². The summed E-state index contributed by atoms with van der Waals surface area (Å²) in [6.07, 6.45) is -4.62. The Labute approximate surface area is 128 Å². The lowest BCUT2D eigenvalue weighted by Gasteiger charge is -2.10. The lowest BCUT2D eigenvalue weighted by atomic mass is 10.1. The zero-order valence-corrected chi connectivity index (χ0v) is 12.5. The van der Waals surface area contributed by atoms with Crippen LogP contribution in [0.4, 0.5) is 24.5 Å². The summed E-state index contributed by atoms with van der Waals surface area (Å²) in [5, 5.41) is 14.6. The highest BCUT2D eigenvalue weighted by molar-refractivity contribution is 7.11. The summed E-state index contributed by atoms with van der Waals surface area (Å²) in [6, 6.07) is 2.43. The van der Waals surface area contributed by atoms with Gasteiger partial charge in [-0.3, -0.25) is 10.1 Å². The molecule has 2 rings (SSSR count). The third kappa shape index (κ3) is 3.53. The third-order valence-electron chi connectivity index (χ3n) is 2.96. The van der Waals surface area contributed by atoms with Crippen LogP contribution in [0.25, 0.3) is 0 Å². The van der Waals surface area contributed by atoms with Gasteiger partial charge in [0.25, 0.3) is 5.69 Å². The number of hydrogen-bond acceptors (Lipinski definition) is 5. The number of aryl methyl sites for hydroxylation is 2. The minimum absolute atomic E-state index is 0.0449. The second-order valence-corrected chi connectivity index (χ2v) is 5.87. The van der Waals surface area contributed by atoms with E-state index in [2.05, 4.69) is 10.3 Å². The molecule has 0 bridgehead atoms. The lowest BCUT2D eigenvalue weighted by molar-refractivity contribution is -0.384. The maximum Gasteiger partial charge on any atom is 0.416 e. The molecule has 1 aromatic heterocycles. The molecule has 0 saturated heterocycles. The first-order valence-electron chi connectivity index (χ1n) is 6.21. The summed E-state index contributed by atoms with van der Waals surface area (Å²) in [6.45, 7) is 3.91. The van der Waals surface area contributed by atoms with E-state index in [0.717, 1.165) is 27.7 Å². The van der Waals surface area contributed by atoms with E-state index >= 15 is 0 Å². The number of benzene rings is 1. The minimum Gasteiger partial charge on any atom is -0.375 e. The number of nitrogens with one attached hydrogen (secondary N) is 1. The third-order valence-corrected chi connectivity index (χ3v) is 4.03. The molecule has 0 unspecified atom stereocenters. The van der Waals surface area contributed by atoms with Crippen LogP contribution in [0, 0.1) is 24.0 Å². The molecule has 0 spiro atoms. The van der Waals surface area contributed by atoms with Crippen molar-refractivity contribution >= 4 is 22.7 Å². The number of anilines is 1. The number of rotatable bonds is 4. The first-order chi connectivity index (χ1) is 10.2. The van der Waals surface area contributed by atoms with Crippen LogP contribution in [0.1, 0.15) is 21.1 Å². The zero-order chi connectivity index (χ0) is 16.5. The van der Waals surface area contributed by atoms with Crippen molar-refractivity contribution in [1.82, 2.24) is 4.98 Å². The summed E-state index contributed by atoms with van der Waals surface area (Å²) in [5.74, 6) is 0. The number of thiazole rings is 1. The van der Waals surface area contributed by atoms with Gasteiger partial charge in [-0.15, -0.1) is 11.3 Å². The number of nitro groups is 1. The highest BCUT2D eigenvalue weighted by Gasteiger charge is 2.33. The van der Waals surface area contributed by atoms with Crippen LogP contribution in [0.5, 0.6) is 0 Å². The van der Waals surface area contributed by atoms with Crippen LogP contribution < -0.4 is 5.32 Å². The van der Waals surface area contributed by atoms with Crippen LogP contribution in [-0.2, 0) is 12.7 Å². The second-order valence-electron chi connectivity index (χ2n) is 4.58. The second kappa shape index (κ2) is 5.91. The summed E-state index contributed by atoms with van der Waals surface area (Å²) < 4.78 is 37.9. The highest BCUT2D eigenvalue weighted by atomic mass is 32.1. The summed E-state index contributed by atoms with van der Waals surface area (Å²) in [7, 11) is 0. The average molecular weight is 331 g/mol. The summed E-state index contributed by atoms with van der Waals surface area (Å²) in [5.41, 5.74) is -0.809. The molecular weight excluding hydrogens is 319 g/mol. The topological polar surface area (TPSA) is 68.1 Å². The minimum atomic E-state index is -4.62. The van der Waals surface area contributed by atoms with Crippen molar-refractivity contribution in [1.29, 1.82) is 0 Å². The molecule has 0 aliphatic carbocycles. The Morgan fingerprint density at radius 1 is 1.36 bits per heavy atom. The Hall–Kier alpha value is -2.16. The van der Waals surface area contributed by atoms with E-state index in [1.165, 1.54) is 11.3 Å². The first-order valence-corrected chi connectivity index (χ1v) is 7.02. The molecular formula is C13H12F3N3O2S. The molecule has 0 amide bonds. The smallest absolute Gasteiger partial charge is 0.375 e. The number of aromatic nitrogens is 1. The van der Waals surface area contributed by atoms with E-state index in [1.807, 2.05) is 13.8 Å². The average Bonchev–Trinajstić information content (AvgIpc) is 2.73. The van der Waals surface area contributed by atoms with Crippen molar-refractivity contribution < 1.29 is 18.1 Å². The van der Waals surface area contributed by atoms with Crippen molar-refractivity contribution in [2.75, 3.05) is 5.32 Å². The van der Waals surface area contributed by atoms with Gasteiger partial charge in [0.1, 0.15) is 5.69 Å². The predicted molar refractivity (Wildman–Crippen MR) is 77.0 cm³/mol. The fourth-order valence-corrected chi connectivity index (χ4v) is 2.80. The Morgan fingerprint density at radius 3 is 2.55 bits per heavy atom. The van der Waals surface area contributed by atoms with Crippen molar-refractivity contribution in [3.05, 3.63) is 49.5 Å². The molecule has 9 heteroatoms. The summed E-state index contributed by atoms with van der Waals surface area (Å²) in [4.78, 5) is 15.2. The molecule has 0 aliphatic heterocycles. The molecule has 0 fully saturated rings.